The summed E-state index contributed by atoms with van der Waals surface area (Å²) in [4.78, 5) is 23.5. The molecule has 1 aliphatic rings. The van der Waals surface area contributed by atoms with E-state index in [1.165, 1.54) is 0 Å². The molecule has 1 amide bonds. The largest absolute Gasteiger partial charge is 0.480 e. The molecule has 1 aliphatic heterocycles. The molecule has 0 radical (unpaired) electrons. The van der Waals surface area contributed by atoms with Crippen LogP contribution in [0.3, 0.4) is 0 Å². The fourth-order valence-corrected chi connectivity index (χ4v) is 3.22. The molecule has 0 bridgehead atoms. The maximum absolute atomic E-state index is 11.5. The SMILES string of the molecule is CCCS(=O)(=O)CCN1C(=O)CCC1C(=O)O. The maximum Gasteiger partial charge on any atom is 0.326 e. The second-order valence-electron chi connectivity index (χ2n) is 4.13. The number of hydrogen-bond acceptors (Lipinski definition) is 4. The number of hydrogen-bond donors (Lipinski definition) is 1. The lowest BCUT2D eigenvalue weighted by atomic mass is 10.2. The predicted octanol–water partition coefficient (Wildman–Crippen LogP) is -0.113. The van der Waals surface area contributed by atoms with Crippen molar-refractivity contribution in [1.29, 1.82) is 0 Å². The van der Waals surface area contributed by atoms with E-state index in [1.807, 2.05) is 0 Å². The maximum atomic E-state index is 11.5. The van der Waals surface area contributed by atoms with Crippen LogP contribution >= 0.6 is 0 Å². The van der Waals surface area contributed by atoms with E-state index in [-0.39, 0.29) is 36.8 Å². The molecule has 98 valence electrons. The summed E-state index contributed by atoms with van der Waals surface area (Å²) in [6.45, 7) is 1.75. The lowest BCUT2D eigenvalue weighted by Crippen LogP contribution is -2.41. The second kappa shape index (κ2) is 5.48. The molecule has 1 unspecified atom stereocenters. The highest BCUT2D eigenvalue weighted by Gasteiger charge is 2.36. The Balaban J connectivity index is 2.61. The molecule has 1 fully saturated rings. The molecule has 1 heterocycles. The number of nitrogens with zero attached hydrogens (tertiary/aromatic N) is 1. The summed E-state index contributed by atoms with van der Waals surface area (Å²) in [5, 5.41) is 8.89. The first kappa shape index (κ1) is 14.0. The lowest BCUT2D eigenvalue weighted by Gasteiger charge is -2.21. The van der Waals surface area contributed by atoms with Crippen LogP contribution in [-0.2, 0) is 19.4 Å². The smallest absolute Gasteiger partial charge is 0.326 e. The Kier molecular flexibility index (Phi) is 4.50. The summed E-state index contributed by atoms with van der Waals surface area (Å²) < 4.78 is 23.0. The van der Waals surface area contributed by atoms with Gasteiger partial charge >= 0.3 is 5.97 Å². The Labute approximate surface area is 101 Å². The number of carbonyl (C=O) groups is 2. The summed E-state index contributed by atoms with van der Waals surface area (Å²) >= 11 is 0. The van der Waals surface area contributed by atoms with Gasteiger partial charge in [0.05, 0.1) is 5.75 Å². The third-order valence-corrected chi connectivity index (χ3v) is 4.61. The first-order valence-corrected chi connectivity index (χ1v) is 7.42. The Hall–Kier alpha value is -1.11. The molecule has 0 aromatic carbocycles. The van der Waals surface area contributed by atoms with Gasteiger partial charge in [0.1, 0.15) is 6.04 Å². The Morgan fingerprint density at radius 2 is 2.12 bits per heavy atom. The number of amides is 1. The Morgan fingerprint density at radius 1 is 1.47 bits per heavy atom. The van der Waals surface area contributed by atoms with Crippen LogP contribution in [0.5, 0.6) is 0 Å². The van der Waals surface area contributed by atoms with Crippen molar-refractivity contribution in [3.05, 3.63) is 0 Å². The highest BCUT2D eigenvalue weighted by Crippen LogP contribution is 2.18. The van der Waals surface area contributed by atoms with Gasteiger partial charge < -0.3 is 10.0 Å². The average Bonchev–Trinajstić information content (AvgIpc) is 2.57. The first-order chi connectivity index (χ1) is 7.87. The van der Waals surface area contributed by atoms with E-state index >= 15 is 0 Å². The molecule has 0 aliphatic carbocycles. The van der Waals surface area contributed by atoms with Crippen LogP contribution in [0.2, 0.25) is 0 Å². The minimum Gasteiger partial charge on any atom is -0.480 e. The molecule has 6 nitrogen and oxygen atoms in total. The van der Waals surface area contributed by atoms with Gasteiger partial charge in [-0.1, -0.05) is 6.92 Å². The van der Waals surface area contributed by atoms with Gasteiger partial charge in [0.25, 0.3) is 0 Å². The van der Waals surface area contributed by atoms with E-state index in [1.54, 1.807) is 6.92 Å². The molecule has 1 rings (SSSR count). The van der Waals surface area contributed by atoms with Crippen molar-refractivity contribution in [3.63, 3.8) is 0 Å². The molecule has 0 aromatic rings. The Bertz CT molecular complexity index is 403. The van der Waals surface area contributed by atoms with Crippen LogP contribution in [-0.4, -0.2) is 54.4 Å². The van der Waals surface area contributed by atoms with Crippen LogP contribution in [0.15, 0.2) is 0 Å². The lowest BCUT2D eigenvalue weighted by molar-refractivity contribution is -0.146. The van der Waals surface area contributed by atoms with Crippen LogP contribution in [0, 0.1) is 0 Å². The zero-order valence-corrected chi connectivity index (χ0v) is 10.6. The number of likely N-dealkylation sites (tertiary alicyclic amines) is 1. The summed E-state index contributed by atoms with van der Waals surface area (Å²) in [7, 11) is -3.18. The van der Waals surface area contributed by atoms with E-state index in [2.05, 4.69) is 0 Å². The van der Waals surface area contributed by atoms with E-state index in [4.69, 9.17) is 5.11 Å². The zero-order chi connectivity index (χ0) is 13.1. The zero-order valence-electron chi connectivity index (χ0n) is 9.76. The van der Waals surface area contributed by atoms with Crippen LogP contribution in [0.1, 0.15) is 26.2 Å². The van der Waals surface area contributed by atoms with Gasteiger partial charge in [-0.05, 0) is 12.8 Å². The van der Waals surface area contributed by atoms with Crippen molar-refractivity contribution in [3.8, 4) is 0 Å². The molecule has 1 saturated heterocycles. The molecule has 0 spiro atoms. The monoisotopic (exact) mass is 263 g/mol. The minimum absolute atomic E-state index is 0.0157. The van der Waals surface area contributed by atoms with Crippen molar-refractivity contribution in [2.75, 3.05) is 18.1 Å². The van der Waals surface area contributed by atoms with Gasteiger partial charge in [-0.25, -0.2) is 13.2 Å². The number of aliphatic carboxylic acids is 1. The summed E-state index contributed by atoms with van der Waals surface area (Å²) in [5.74, 6) is -1.42. The number of carboxylic acids is 1. The average molecular weight is 263 g/mol. The first-order valence-electron chi connectivity index (χ1n) is 5.60. The predicted molar refractivity (Wildman–Crippen MR) is 61.3 cm³/mol. The van der Waals surface area contributed by atoms with Crippen molar-refractivity contribution in [2.24, 2.45) is 0 Å². The van der Waals surface area contributed by atoms with Crippen LogP contribution in [0.4, 0.5) is 0 Å². The van der Waals surface area contributed by atoms with E-state index in [0.29, 0.717) is 6.42 Å². The van der Waals surface area contributed by atoms with Gasteiger partial charge in [-0.15, -0.1) is 0 Å². The van der Waals surface area contributed by atoms with E-state index in [9.17, 15) is 18.0 Å². The van der Waals surface area contributed by atoms with Gasteiger partial charge in [-0.3, -0.25) is 4.79 Å². The van der Waals surface area contributed by atoms with Crippen LogP contribution < -0.4 is 0 Å². The molecular formula is C10H17NO5S. The molecule has 1 N–H and O–H groups in total. The second-order valence-corrected chi connectivity index (χ2v) is 6.44. The topological polar surface area (TPSA) is 91.8 Å². The number of carboxylic acid groups (broad SMARTS) is 1. The van der Waals surface area contributed by atoms with Crippen molar-refractivity contribution >= 4 is 21.7 Å². The molecule has 7 heteroatoms. The number of rotatable bonds is 6. The standard InChI is InChI=1S/C10H17NO5S/c1-2-6-17(15,16)7-5-11-8(10(13)14)3-4-9(11)12/h8H,2-7H2,1H3,(H,13,14). The highest BCUT2D eigenvalue weighted by atomic mass is 32.2. The van der Waals surface area contributed by atoms with Gasteiger partial charge in [0, 0.05) is 18.7 Å². The van der Waals surface area contributed by atoms with Gasteiger partial charge in [-0.2, -0.15) is 0 Å². The molecule has 0 saturated carbocycles. The molecule has 1 atom stereocenters. The van der Waals surface area contributed by atoms with E-state index in [0.717, 1.165) is 4.90 Å². The number of carbonyl (C=O) groups excluding carboxylic acids is 1. The van der Waals surface area contributed by atoms with E-state index < -0.39 is 21.8 Å². The fourth-order valence-electron chi connectivity index (χ4n) is 1.92. The summed E-state index contributed by atoms with van der Waals surface area (Å²) in [5.41, 5.74) is 0. The summed E-state index contributed by atoms with van der Waals surface area (Å²) in [6.07, 6.45) is 0.978. The number of sulfone groups is 1. The fraction of sp³-hybridized carbons (Fsp3) is 0.800. The third kappa shape index (κ3) is 3.69. The van der Waals surface area contributed by atoms with Crippen LogP contribution in [0.25, 0.3) is 0 Å². The quantitative estimate of drug-likeness (QED) is 0.721. The van der Waals surface area contributed by atoms with Crippen molar-refractivity contribution in [1.82, 2.24) is 4.90 Å². The van der Waals surface area contributed by atoms with Gasteiger partial charge in [0.2, 0.25) is 5.91 Å². The highest BCUT2D eigenvalue weighted by molar-refractivity contribution is 7.91. The molecule has 17 heavy (non-hydrogen) atoms. The van der Waals surface area contributed by atoms with Crippen molar-refractivity contribution in [2.45, 2.75) is 32.2 Å². The van der Waals surface area contributed by atoms with Gasteiger partial charge in [0.15, 0.2) is 9.84 Å². The summed E-state index contributed by atoms with van der Waals surface area (Å²) in [6, 6.07) is -0.862. The molecular weight excluding hydrogens is 246 g/mol. The third-order valence-electron chi connectivity index (χ3n) is 2.77. The van der Waals surface area contributed by atoms with Crippen molar-refractivity contribution < 1.29 is 23.1 Å². The minimum atomic E-state index is -3.18. The normalized spacial score (nSPS) is 20.9. The Morgan fingerprint density at radius 3 is 2.65 bits per heavy atom. The molecule has 0 aromatic heterocycles.